The van der Waals surface area contributed by atoms with Crippen molar-refractivity contribution in [1.82, 2.24) is 0 Å². The van der Waals surface area contributed by atoms with Gasteiger partial charge in [0.1, 0.15) is 12.6 Å². The first-order valence-electron chi connectivity index (χ1n) is 8.51. The molecule has 0 saturated heterocycles. The highest BCUT2D eigenvalue weighted by atomic mass is 79.9. The topological polar surface area (TPSA) is 20.2 Å². The molecule has 0 aliphatic carbocycles. The zero-order chi connectivity index (χ0) is 15.4. The van der Waals surface area contributed by atoms with Gasteiger partial charge in [-0.05, 0) is 13.3 Å². The molecule has 2 atom stereocenters. The van der Waals surface area contributed by atoms with Crippen LogP contribution >= 0.6 is 15.9 Å². The second kappa shape index (κ2) is 14.3. The fraction of sp³-hybridized carbons (Fsp3) is 1.00. The van der Waals surface area contributed by atoms with E-state index in [2.05, 4.69) is 36.9 Å². The number of quaternary nitrogens is 1. The summed E-state index contributed by atoms with van der Waals surface area (Å²) in [5.41, 5.74) is 0. The van der Waals surface area contributed by atoms with Gasteiger partial charge in [0.2, 0.25) is 0 Å². The Morgan fingerprint density at radius 1 is 0.952 bits per heavy atom. The van der Waals surface area contributed by atoms with Crippen molar-refractivity contribution in [2.24, 2.45) is 0 Å². The maximum atomic E-state index is 9.49. The highest BCUT2D eigenvalue weighted by Gasteiger charge is 2.19. The molecule has 0 bridgehead atoms. The molecule has 0 heterocycles. The van der Waals surface area contributed by atoms with E-state index in [1.165, 1.54) is 57.8 Å². The zero-order valence-electron chi connectivity index (χ0n) is 14.6. The minimum absolute atomic E-state index is 0. The van der Waals surface area contributed by atoms with Gasteiger partial charge in [-0.15, -0.1) is 0 Å². The Bertz CT molecular complexity index is 225. The molecule has 0 spiro atoms. The maximum Gasteiger partial charge on any atom is 0.104 e. The van der Waals surface area contributed by atoms with Gasteiger partial charge in [0.15, 0.2) is 0 Å². The van der Waals surface area contributed by atoms with Gasteiger partial charge in [0.05, 0.1) is 20.6 Å². The Morgan fingerprint density at radius 2 is 1.48 bits per heavy atom. The lowest BCUT2D eigenvalue weighted by Gasteiger charge is -2.31. The summed E-state index contributed by atoms with van der Waals surface area (Å²) >= 11 is 3.82. The van der Waals surface area contributed by atoms with Gasteiger partial charge in [0.25, 0.3) is 0 Å². The van der Waals surface area contributed by atoms with Crippen molar-refractivity contribution < 1.29 is 22.0 Å². The first-order valence-corrected chi connectivity index (χ1v) is 9.43. The highest BCUT2D eigenvalue weighted by Crippen LogP contribution is 2.17. The molecule has 130 valence electrons. The number of alkyl halides is 1. The lowest BCUT2D eigenvalue weighted by atomic mass is 10.1. The first-order chi connectivity index (χ1) is 9.37. The van der Waals surface area contributed by atoms with Gasteiger partial charge >= 0.3 is 0 Å². The number of hydrogen-bond donors (Lipinski definition) is 1. The van der Waals surface area contributed by atoms with E-state index in [9.17, 15) is 5.11 Å². The van der Waals surface area contributed by atoms with E-state index in [0.29, 0.717) is 4.83 Å². The van der Waals surface area contributed by atoms with Gasteiger partial charge in [-0.3, -0.25) is 0 Å². The average Bonchev–Trinajstić information content (AvgIpc) is 2.34. The molecule has 1 N–H and O–H groups in total. The van der Waals surface area contributed by atoms with Crippen LogP contribution in [0.15, 0.2) is 0 Å². The molecule has 4 heteroatoms. The Kier molecular flexibility index (Phi) is 16.3. The molecular formula is C17H37BrClNO. The van der Waals surface area contributed by atoms with E-state index in [1.807, 2.05) is 6.92 Å². The summed E-state index contributed by atoms with van der Waals surface area (Å²) in [6.45, 7) is 6.13. The van der Waals surface area contributed by atoms with E-state index in [1.54, 1.807) is 0 Å². The molecule has 21 heavy (non-hydrogen) atoms. The first kappa shape index (κ1) is 23.9. The van der Waals surface area contributed by atoms with E-state index < -0.39 is 0 Å². The summed E-state index contributed by atoms with van der Waals surface area (Å²) in [5.74, 6) is 0. The fourth-order valence-electron chi connectivity index (χ4n) is 2.76. The van der Waals surface area contributed by atoms with Gasteiger partial charge in [-0.2, -0.15) is 0 Å². The van der Waals surface area contributed by atoms with Crippen LogP contribution in [0.25, 0.3) is 0 Å². The van der Waals surface area contributed by atoms with Gasteiger partial charge in [0, 0.05) is 11.2 Å². The van der Waals surface area contributed by atoms with Crippen LogP contribution in [0.2, 0.25) is 0 Å². The molecule has 0 aromatic carbocycles. The third-order valence-electron chi connectivity index (χ3n) is 3.93. The molecule has 0 fully saturated rings. The van der Waals surface area contributed by atoms with Crippen molar-refractivity contribution in [3.05, 3.63) is 0 Å². The third kappa shape index (κ3) is 16.9. The molecule has 0 aliphatic heterocycles. The highest BCUT2D eigenvalue weighted by molar-refractivity contribution is 9.09. The lowest BCUT2D eigenvalue weighted by molar-refractivity contribution is -0.893. The quantitative estimate of drug-likeness (QED) is 0.290. The number of likely N-dealkylation sites (N-methyl/N-ethyl adjacent to an activating group) is 1. The summed E-state index contributed by atoms with van der Waals surface area (Å²) in [6, 6.07) is 0. The molecule has 0 aliphatic rings. The molecule has 0 radical (unpaired) electrons. The Hall–Kier alpha value is 0.690. The fourth-order valence-corrected chi connectivity index (χ4v) is 3.29. The maximum absolute atomic E-state index is 9.49. The van der Waals surface area contributed by atoms with Crippen LogP contribution < -0.4 is 12.4 Å². The molecule has 0 aromatic rings. The molecule has 0 rings (SSSR count). The van der Waals surface area contributed by atoms with Gasteiger partial charge in [-0.1, -0.05) is 67.8 Å². The standard InChI is InChI=1S/C17H37BrNO.ClH/c1-5-6-7-8-9-10-11-12-17(18)13-14-19(3,4)15-16(2)20;/h16-17,20H,5-15H2,1-4H3;1H/q+1;/p-1. The SMILES string of the molecule is CCCCCCCCCC(Br)CC[N+](C)(C)CC(C)O.[Cl-]. The van der Waals surface area contributed by atoms with Crippen molar-refractivity contribution in [2.45, 2.75) is 82.6 Å². The molecular weight excluding hydrogens is 350 g/mol. The van der Waals surface area contributed by atoms with Crippen LogP contribution in [0.3, 0.4) is 0 Å². The molecule has 0 aromatic heterocycles. The van der Waals surface area contributed by atoms with E-state index in [0.717, 1.165) is 17.6 Å². The van der Waals surface area contributed by atoms with Crippen LogP contribution in [-0.2, 0) is 0 Å². The van der Waals surface area contributed by atoms with Crippen molar-refractivity contribution >= 4 is 15.9 Å². The Labute approximate surface area is 147 Å². The van der Waals surface area contributed by atoms with Gasteiger partial charge in [-0.25, -0.2) is 0 Å². The minimum Gasteiger partial charge on any atom is -1.00 e. The van der Waals surface area contributed by atoms with Crippen molar-refractivity contribution in [1.29, 1.82) is 0 Å². The summed E-state index contributed by atoms with van der Waals surface area (Å²) in [6.07, 6.45) is 12.0. The number of rotatable bonds is 13. The van der Waals surface area contributed by atoms with Gasteiger partial charge < -0.3 is 22.0 Å². The molecule has 2 unspecified atom stereocenters. The van der Waals surface area contributed by atoms with Crippen molar-refractivity contribution in [3.8, 4) is 0 Å². The van der Waals surface area contributed by atoms with E-state index in [4.69, 9.17) is 0 Å². The largest absolute Gasteiger partial charge is 1.00 e. The number of hydrogen-bond acceptors (Lipinski definition) is 1. The van der Waals surface area contributed by atoms with Crippen molar-refractivity contribution in [3.63, 3.8) is 0 Å². The number of aliphatic hydroxyl groups is 1. The van der Waals surface area contributed by atoms with Crippen LogP contribution in [0.1, 0.15) is 71.6 Å². The van der Waals surface area contributed by atoms with E-state index in [-0.39, 0.29) is 18.5 Å². The molecule has 0 amide bonds. The van der Waals surface area contributed by atoms with Crippen LogP contribution in [0, 0.1) is 0 Å². The summed E-state index contributed by atoms with van der Waals surface area (Å²) in [5, 5.41) is 9.49. The smallest absolute Gasteiger partial charge is 0.104 e. The van der Waals surface area contributed by atoms with Crippen molar-refractivity contribution in [2.75, 3.05) is 27.2 Å². The number of aliphatic hydroxyl groups excluding tert-OH is 1. The third-order valence-corrected chi connectivity index (χ3v) is 4.84. The molecule has 2 nitrogen and oxygen atoms in total. The second-order valence-corrected chi connectivity index (χ2v) is 8.28. The number of halogens is 2. The monoisotopic (exact) mass is 385 g/mol. The van der Waals surface area contributed by atoms with Crippen LogP contribution in [0.4, 0.5) is 0 Å². The Balaban J connectivity index is 0. The Morgan fingerprint density at radius 3 is 2.00 bits per heavy atom. The predicted molar refractivity (Wildman–Crippen MR) is 93.5 cm³/mol. The van der Waals surface area contributed by atoms with Crippen LogP contribution in [-0.4, -0.2) is 47.7 Å². The second-order valence-electron chi connectivity index (χ2n) is 6.99. The minimum atomic E-state index is -0.207. The average molecular weight is 387 g/mol. The van der Waals surface area contributed by atoms with E-state index >= 15 is 0 Å². The lowest BCUT2D eigenvalue weighted by Crippen LogP contribution is -3.00. The normalized spacial score (nSPS) is 14.6. The molecule has 0 saturated carbocycles. The summed E-state index contributed by atoms with van der Waals surface area (Å²) in [7, 11) is 4.42. The summed E-state index contributed by atoms with van der Waals surface area (Å²) in [4.78, 5) is 0.643. The predicted octanol–water partition coefficient (Wildman–Crippen LogP) is 1.74. The number of unbranched alkanes of at least 4 members (excludes halogenated alkanes) is 6. The van der Waals surface area contributed by atoms with Crippen LogP contribution in [0.5, 0.6) is 0 Å². The number of nitrogens with zero attached hydrogens (tertiary/aromatic N) is 1. The zero-order valence-corrected chi connectivity index (χ0v) is 16.9. The summed E-state index contributed by atoms with van der Waals surface area (Å²) < 4.78 is 0.913.